The Morgan fingerprint density at radius 3 is 2.54 bits per heavy atom. The van der Waals surface area contributed by atoms with Gasteiger partial charge in [0.1, 0.15) is 12.4 Å². The predicted molar refractivity (Wildman–Crippen MR) is 113 cm³/mol. The molecule has 0 aromatic heterocycles. The molecule has 0 saturated carbocycles. The first-order chi connectivity index (χ1) is 13.5. The molecule has 0 aliphatic heterocycles. The topological polar surface area (TPSA) is 50.7 Å². The first kappa shape index (κ1) is 19.9. The Morgan fingerprint density at radius 2 is 1.82 bits per heavy atom. The van der Waals surface area contributed by atoms with Gasteiger partial charge in [-0.25, -0.2) is 5.43 Å². The van der Waals surface area contributed by atoms with Crippen molar-refractivity contribution in [1.82, 2.24) is 5.43 Å². The van der Waals surface area contributed by atoms with E-state index < -0.39 is 5.91 Å². The van der Waals surface area contributed by atoms with Crippen LogP contribution in [0, 0.1) is 6.92 Å². The molecule has 0 unspecified atom stereocenters. The van der Waals surface area contributed by atoms with Gasteiger partial charge in [-0.2, -0.15) is 5.10 Å². The Kier molecular flexibility index (Phi) is 6.69. The van der Waals surface area contributed by atoms with Gasteiger partial charge in [-0.1, -0.05) is 47.5 Å². The van der Waals surface area contributed by atoms with Crippen molar-refractivity contribution in [3.8, 4) is 5.75 Å². The molecule has 0 atom stereocenters. The molecule has 3 rings (SSSR count). The number of nitrogens with zero attached hydrogens (tertiary/aromatic N) is 1. The van der Waals surface area contributed by atoms with Gasteiger partial charge >= 0.3 is 0 Å². The van der Waals surface area contributed by atoms with Crippen LogP contribution in [0.4, 0.5) is 0 Å². The summed E-state index contributed by atoms with van der Waals surface area (Å²) in [6.45, 7) is 2.57. The molecule has 0 bridgehead atoms. The number of rotatable bonds is 6. The largest absolute Gasteiger partial charge is 0.489 e. The van der Waals surface area contributed by atoms with Gasteiger partial charge in [0.15, 0.2) is 0 Å². The molecule has 0 spiro atoms. The molecule has 6 heteroatoms. The van der Waals surface area contributed by atoms with Crippen molar-refractivity contribution < 1.29 is 9.53 Å². The molecule has 0 aliphatic carbocycles. The van der Waals surface area contributed by atoms with E-state index in [0.29, 0.717) is 17.2 Å². The highest BCUT2D eigenvalue weighted by atomic mass is 35.5. The Balaban J connectivity index is 1.55. The van der Waals surface area contributed by atoms with Crippen LogP contribution in [0.15, 0.2) is 71.8 Å². The molecular weight excluding hydrogens is 395 g/mol. The Hall–Kier alpha value is -2.82. The van der Waals surface area contributed by atoms with E-state index in [1.807, 2.05) is 42.5 Å². The van der Waals surface area contributed by atoms with Crippen LogP contribution in [0.1, 0.15) is 27.0 Å². The second kappa shape index (κ2) is 9.40. The smallest absolute Gasteiger partial charge is 0.272 e. The molecule has 3 aromatic carbocycles. The lowest BCUT2D eigenvalue weighted by molar-refractivity contribution is 0.0955. The normalized spacial score (nSPS) is 10.8. The fourth-order valence-corrected chi connectivity index (χ4v) is 2.98. The number of hydrazone groups is 1. The molecule has 0 heterocycles. The second-order valence-electron chi connectivity index (χ2n) is 6.11. The number of hydrogen-bond acceptors (Lipinski definition) is 3. The van der Waals surface area contributed by atoms with E-state index in [2.05, 4.69) is 23.5 Å². The number of halogens is 2. The maximum absolute atomic E-state index is 12.1. The standard InChI is InChI=1S/C22H18Cl2N2O2/c1-15-4-2-3-5-17(15)14-28-19-9-6-16(7-10-19)13-25-26-22(27)20-11-8-18(23)12-21(20)24/h2-13H,14H2,1H3,(H,26,27)/b25-13+. The highest BCUT2D eigenvalue weighted by molar-refractivity contribution is 6.36. The zero-order chi connectivity index (χ0) is 19.9. The quantitative estimate of drug-likeness (QED) is 0.420. The number of nitrogens with one attached hydrogen (secondary N) is 1. The van der Waals surface area contributed by atoms with Crippen LogP contribution in [-0.2, 0) is 6.61 Å². The fraction of sp³-hybridized carbons (Fsp3) is 0.0909. The minimum absolute atomic E-state index is 0.273. The van der Waals surface area contributed by atoms with Gasteiger partial charge in [-0.05, 0) is 66.1 Å². The van der Waals surface area contributed by atoms with Crippen LogP contribution >= 0.6 is 23.2 Å². The van der Waals surface area contributed by atoms with E-state index in [0.717, 1.165) is 16.9 Å². The van der Waals surface area contributed by atoms with Crippen LogP contribution in [0.5, 0.6) is 5.75 Å². The minimum Gasteiger partial charge on any atom is -0.489 e. The zero-order valence-corrected chi connectivity index (χ0v) is 16.7. The van der Waals surface area contributed by atoms with Crippen LogP contribution in [0.3, 0.4) is 0 Å². The first-order valence-electron chi connectivity index (χ1n) is 8.59. The van der Waals surface area contributed by atoms with E-state index in [1.54, 1.807) is 18.3 Å². The minimum atomic E-state index is -0.406. The third-order valence-electron chi connectivity index (χ3n) is 4.09. The number of benzene rings is 3. The highest BCUT2D eigenvalue weighted by Gasteiger charge is 2.09. The van der Waals surface area contributed by atoms with Gasteiger partial charge in [-0.15, -0.1) is 0 Å². The number of carbonyl (C=O) groups excluding carboxylic acids is 1. The maximum atomic E-state index is 12.1. The lowest BCUT2D eigenvalue weighted by atomic mass is 10.1. The summed E-state index contributed by atoms with van der Waals surface area (Å²) < 4.78 is 5.81. The van der Waals surface area contributed by atoms with E-state index >= 15 is 0 Å². The molecule has 142 valence electrons. The van der Waals surface area contributed by atoms with Gasteiger partial charge < -0.3 is 4.74 Å². The lowest BCUT2D eigenvalue weighted by Crippen LogP contribution is -2.18. The summed E-state index contributed by atoms with van der Waals surface area (Å²) in [6.07, 6.45) is 1.55. The third kappa shape index (κ3) is 5.35. The lowest BCUT2D eigenvalue weighted by Gasteiger charge is -2.08. The monoisotopic (exact) mass is 412 g/mol. The van der Waals surface area contributed by atoms with Crippen molar-refractivity contribution in [2.75, 3.05) is 0 Å². The molecule has 0 saturated heterocycles. The van der Waals surface area contributed by atoms with Crippen molar-refractivity contribution >= 4 is 35.3 Å². The molecule has 1 amide bonds. The third-order valence-corrected chi connectivity index (χ3v) is 4.64. The van der Waals surface area contributed by atoms with Gasteiger partial charge in [0.25, 0.3) is 5.91 Å². The molecular formula is C22H18Cl2N2O2. The number of ether oxygens (including phenoxy) is 1. The van der Waals surface area contributed by atoms with Crippen molar-refractivity contribution in [2.45, 2.75) is 13.5 Å². The van der Waals surface area contributed by atoms with Crippen molar-refractivity contribution in [3.05, 3.63) is 99.0 Å². The number of hydrogen-bond donors (Lipinski definition) is 1. The molecule has 28 heavy (non-hydrogen) atoms. The Morgan fingerprint density at radius 1 is 1.07 bits per heavy atom. The van der Waals surface area contributed by atoms with Crippen LogP contribution < -0.4 is 10.2 Å². The van der Waals surface area contributed by atoms with Gasteiger partial charge in [-0.3, -0.25) is 4.79 Å². The van der Waals surface area contributed by atoms with E-state index in [1.165, 1.54) is 11.6 Å². The van der Waals surface area contributed by atoms with Crippen molar-refractivity contribution in [3.63, 3.8) is 0 Å². The van der Waals surface area contributed by atoms with Gasteiger partial charge in [0.05, 0.1) is 16.8 Å². The first-order valence-corrected chi connectivity index (χ1v) is 9.34. The SMILES string of the molecule is Cc1ccccc1COc1ccc(/C=N/NC(=O)c2ccc(Cl)cc2Cl)cc1. The summed E-state index contributed by atoms with van der Waals surface area (Å²) >= 11 is 11.8. The number of carbonyl (C=O) groups is 1. The Bertz CT molecular complexity index is 1000. The molecule has 3 aromatic rings. The maximum Gasteiger partial charge on any atom is 0.272 e. The molecule has 0 radical (unpaired) electrons. The molecule has 1 N–H and O–H groups in total. The summed E-state index contributed by atoms with van der Waals surface area (Å²) in [7, 11) is 0. The van der Waals surface area contributed by atoms with E-state index in [9.17, 15) is 4.79 Å². The fourth-order valence-electron chi connectivity index (χ4n) is 2.48. The summed E-state index contributed by atoms with van der Waals surface area (Å²) in [5.41, 5.74) is 5.93. The summed E-state index contributed by atoms with van der Waals surface area (Å²) in [6, 6.07) is 20.2. The average molecular weight is 413 g/mol. The van der Waals surface area contributed by atoms with Crippen molar-refractivity contribution in [1.29, 1.82) is 0 Å². The highest BCUT2D eigenvalue weighted by Crippen LogP contribution is 2.20. The summed E-state index contributed by atoms with van der Waals surface area (Å²) in [4.78, 5) is 12.1. The molecule has 0 aliphatic rings. The number of amides is 1. The van der Waals surface area contributed by atoms with Crippen molar-refractivity contribution in [2.24, 2.45) is 5.10 Å². The molecule has 0 fully saturated rings. The van der Waals surface area contributed by atoms with Gasteiger partial charge in [0, 0.05) is 5.02 Å². The summed E-state index contributed by atoms with van der Waals surface area (Å²) in [5.74, 6) is 0.355. The summed E-state index contributed by atoms with van der Waals surface area (Å²) in [5, 5.41) is 4.70. The molecule has 4 nitrogen and oxygen atoms in total. The van der Waals surface area contributed by atoms with Crippen LogP contribution in [0.2, 0.25) is 10.0 Å². The average Bonchev–Trinajstić information content (AvgIpc) is 2.68. The predicted octanol–water partition coefficient (Wildman–Crippen LogP) is 5.64. The second-order valence-corrected chi connectivity index (χ2v) is 6.95. The van der Waals surface area contributed by atoms with Gasteiger partial charge in [0.2, 0.25) is 0 Å². The van der Waals surface area contributed by atoms with E-state index in [4.69, 9.17) is 27.9 Å². The zero-order valence-electron chi connectivity index (χ0n) is 15.2. The Labute approximate surface area is 173 Å². The van der Waals surface area contributed by atoms with E-state index in [-0.39, 0.29) is 5.02 Å². The number of aryl methyl sites for hydroxylation is 1. The van der Waals surface area contributed by atoms with Crippen LogP contribution in [0.25, 0.3) is 0 Å². The van der Waals surface area contributed by atoms with Crippen LogP contribution in [-0.4, -0.2) is 12.1 Å².